The van der Waals surface area contributed by atoms with Crippen LogP contribution in [-0.4, -0.2) is 15.0 Å². The number of fused-ring (bicyclic) bond motifs is 4. The molecule has 4 nitrogen and oxygen atoms in total. The Hall–Kier alpha value is -9.30. The second-order valence-corrected chi connectivity index (χ2v) is 17.0. The van der Waals surface area contributed by atoms with Crippen LogP contribution in [0.3, 0.4) is 0 Å². The van der Waals surface area contributed by atoms with E-state index in [1.807, 2.05) is 54.6 Å². The first kappa shape index (κ1) is 40.2. The molecule has 0 unspecified atom stereocenters. The first-order valence-electron chi connectivity index (χ1n) is 22.8. The molecule has 12 rings (SSSR count). The Morgan fingerprint density at radius 2 is 0.735 bits per heavy atom. The topological polar surface area (TPSA) is 62.5 Å². The summed E-state index contributed by atoms with van der Waals surface area (Å²) in [5.74, 6) is 1.74. The third-order valence-corrected chi connectivity index (χ3v) is 13.0. The molecule has 0 aliphatic heterocycles. The van der Waals surface area contributed by atoms with Gasteiger partial charge in [-0.15, -0.1) is 0 Å². The average molecular weight is 865 g/mol. The summed E-state index contributed by atoms with van der Waals surface area (Å²) in [6, 6.07) is 87.0. The maximum atomic E-state index is 10.5. The molecule has 0 spiro atoms. The Morgan fingerprint density at radius 3 is 1.50 bits per heavy atom. The molecule has 4 heteroatoms. The van der Waals surface area contributed by atoms with Gasteiger partial charge in [0.05, 0.1) is 11.6 Å². The number of rotatable bonds is 8. The summed E-state index contributed by atoms with van der Waals surface area (Å²) in [6.45, 7) is 0. The zero-order valence-corrected chi connectivity index (χ0v) is 36.9. The SMILES string of the molecule is N#Cc1ccc(-c2ccccc2-c2nc(-c3ccccc3)nc(-c3cccc(-c4cccc5ccccc45)c3)n2)cc1-c1ccc(-c2ccccc2-c2cccc3ccc4ccccc4c23)cc1. The number of aromatic nitrogens is 3. The molecule has 0 fully saturated rings. The molecule has 1 heterocycles. The van der Waals surface area contributed by atoms with Crippen LogP contribution in [0.5, 0.6) is 0 Å². The van der Waals surface area contributed by atoms with E-state index in [9.17, 15) is 5.26 Å². The van der Waals surface area contributed by atoms with Gasteiger partial charge < -0.3 is 0 Å². The molecule has 1 aromatic heterocycles. The first-order valence-corrected chi connectivity index (χ1v) is 22.8. The summed E-state index contributed by atoms with van der Waals surface area (Å²) in [4.78, 5) is 15.5. The Labute approximate surface area is 394 Å². The van der Waals surface area contributed by atoms with Crippen molar-refractivity contribution in [2.24, 2.45) is 0 Å². The largest absolute Gasteiger partial charge is 0.208 e. The van der Waals surface area contributed by atoms with Gasteiger partial charge in [0.15, 0.2) is 17.5 Å². The molecule has 0 saturated heterocycles. The Balaban J connectivity index is 0.936. The van der Waals surface area contributed by atoms with Crippen molar-refractivity contribution in [3.8, 4) is 95.9 Å². The zero-order chi connectivity index (χ0) is 45.4. The van der Waals surface area contributed by atoms with E-state index in [4.69, 9.17) is 15.0 Å². The third kappa shape index (κ3) is 7.35. The fraction of sp³-hybridized carbons (Fsp3) is 0. The van der Waals surface area contributed by atoms with Gasteiger partial charge in [-0.1, -0.05) is 224 Å². The summed E-state index contributed by atoms with van der Waals surface area (Å²) >= 11 is 0. The normalized spacial score (nSPS) is 11.2. The smallest absolute Gasteiger partial charge is 0.164 e. The van der Waals surface area contributed by atoms with Crippen molar-refractivity contribution < 1.29 is 0 Å². The highest BCUT2D eigenvalue weighted by Crippen LogP contribution is 2.41. The molecule has 0 radical (unpaired) electrons. The van der Waals surface area contributed by atoms with Crippen LogP contribution in [-0.2, 0) is 0 Å². The Kier molecular flexibility index (Phi) is 10.2. The lowest BCUT2D eigenvalue weighted by Gasteiger charge is -2.15. The summed E-state index contributed by atoms with van der Waals surface area (Å²) in [6.07, 6.45) is 0. The number of nitriles is 1. The van der Waals surface area contributed by atoms with E-state index in [-0.39, 0.29) is 0 Å². The fourth-order valence-electron chi connectivity index (χ4n) is 9.71. The van der Waals surface area contributed by atoms with Gasteiger partial charge in [-0.3, -0.25) is 0 Å². The average Bonchev–Trinajstić information content (AvgIpc) is 3.42. The van der Waals surface area contributed by atoms with Crippen molar-refractivity contribution in [3.05, 3.63) is 248 Å². The van der Waals surface area contributed by atoms with Gasteiger partial charge in [0.2, 0.25) is 0 Å². The number of hydrogen-bond acceptors (Lipinski definition) is 4. The van der Waals surface area contributed by atoms with Crippen molar-refractivity contribution in [1.82, 2.24) is 15.0 Å². The van der Waals surface area contributed by atoms with Gasteiger partial charge in [0.25, 0.3) is 0 Å². The van der Waals surface area contributed by atoms with Crippen LogP contribution in [0.15, 0.2) is 243 Å². The molecule has 0 aliphatic carbocycles. The Bertz CT molecular complexity index is 3920. The van der Waals surface area contributed by atoms with E-state index in [1.54, 1.807) is 0 Å². The molecule has 0 atom stereocenters. The Morgan fingerprint density at radius 1 is 0.265 bits per heavy atom. The second kappa shape index (κ2) is 17.2. The number of nitrogens with zero attached hydrogens (tertiary/aromatic N) is 4. The molecular weight excluding hydrogens is 825 g/mol. The van der Waals surface area contributed by atoms with E-state index < -0.39 is 0 Å². The fourth-order valence-corrected chi connectivity index (χ4v) is 9.71. The number of benzene rings is 11. The van der Waals surface area contributed by atoms with Crippen molar-refractivity contribution in [2.75, 3.05) is 0 Å². The van der Waals surface area contributed by atoms with Crippen LogP contribution in [0.4, 0.5) is 0 Å². The molecule has 316 valence electrons. The van der Waals surface area contributed by atoms with Crippen LogP contribution in [0.25, 0.3) is 122 Å². The van der Waals surface area contributed by atoms with Gasteiger partial charge in [-0.2, -0.15) is 5.26 Å². The second-order valence-electron chi connectivity index (χ2n) is 17.0. The molecule has 0 N–H and O–H groups in total. The van der Waals surface area contributed by atoms with Gasteiger partial charge in [0.1, 0.15) is 0 Å². The predicted molar refractivity (Wildman–Crippen MR) is 281 cm³/mol. The summed E-state index contributed by atoms with van der Waals surface area (Å²) in [5, 5.41) is 17.8. The van der Waals surface area contributed by atoms with Gasteiger partial charge in [-0.25, -0.2) is 15.0 Å². The van der Waals surface area contributed by atoms with Crippen molar-refractivity contribution in [3.63, 3.8) is 0 Å². The van der Waals surface area contributed by atoms with Crippen molar-refractivity contribution in [2.45, 2.75) is 0 Å². The minimum absolute atomic E-state index is 0.563. The lowest BCUT2D eigenvalue weighted by atomic mass is 9.88. The minimum atomic E-state index is 0.563. The maximum absolute atomic E-state index is 10.5. The van der Waals surface area contributed by atoms with Gasteiger partial charge in [-0.05, 0) is 101 Å². The monoisotopic (exact) mass is 864 g/mol. The first-order chi connectivity index (χ1) is 33.7. The maximum Gasteiger partial charge on any atom is 0.164 e. The van der Waals surface area contributed by atoms with Crippen LogP contribution in [0.1, 0.15) is 5.56 Å². The highest BCUT2D eigenvalue weighted by molar-refractivity contribution is 6.15. The van der Waals surface area contributed by atoms with Crippen LogP contribution in [0.2, 0.25) is 0 Å². The highest BCUT2D eigenvalue weighted by Gasteiger charge is 2.19. The van der Waals surface area contributed by atoms with Gasteiger partial charge >= 0.3 is 0 Å². The van der Waals surface area contributed by atoms with Crippen molar-refractivity contribution >= 4 is 32.3 Å². The molecule has 11 aromatic carbocycles. The van der Waals surface area contributed by atoms with Crippen LogP contribution < -0.4 is 0 Å². The molecular formula is C64H40N4. The molecule has 12 aromatic rings. The molecule has 0 aliphatic rings. The molecule has 68 heavy (non-hydrogen) atoms. The van der Waals surface area contributed by atoms with E-state index in [1.165, 1.54) is 43.4 Å². The lowest BCUT2D eigenvalue weighted by molar-refractivity contribution is 1.07. The lowest BCUT2D eigenvalue weighted by Crippen LogP contribution is -2.01. The summed E-state index contributed by atoms with van der Waals surface area (Å²) in [5.41, 5.74) is 13.8. The zero-order valence-electron chi connectivity index (χ0n) is 36.9. The molecule has 0 bridgehead atoms. The van der Waals surface area contributed by atoms with E-state index in [0.29, 0.717) is 23.0 Å². The summed E-state index contributed by atoms with van der Waals surface area (Å²) < 4.78 is 0. The van der Waals surface area contributed by atoms with E-state index in [0.717, 1.165) is 61.2 Å². The molecule has 0 saturated carbocycles. The molecule has 0 amide bonds. The highest BCUT2D eigenvalue weighted by atomic mass is 15.0. The minimum Gasteiger partial charge on any atom is -0.208 e. The van der Waals surface area contributed by atoms with E-state index in [2.05, 4.69) is 194 Å². The van der Waals surface area contributed by atoms with Crippen LogP contribution >= 0.6 is 0 Å². The predicted octanol–water partition coefficient (Wildman–Crippen LogP) is 16.5. The van der Waals surface area contributed by atoms with E-state index >= 15 is 0 Å². The van der Waals surface area contributed by atoms with Crippen LogP contribution in [0, 0.1) is 11.3 Å². The summed E-state index contributed by atoms with van der Waals surface area (Å²) in [7, 11) is 0. The quantitative estimate of drug-likeness (QED) is 0.143. The van der Waals surface area contributed by atoms with Crippen molar-refractivity contribution in [1.29, 1.82) is 5.26 Å². The number of hydrogen-bond donors (Lipinski definition) is 0. The van der Waals surface area contributed by atoms with Gasteiger partial charge in [0, 0.05) is 22.3 Å². The third-order valence-electron chi connectivity index (χ3n) is 13.0. The standard InChI is InChI=1S/C64H40N4/c65-41-51-38-37-49(40-60(51)45-33-31-44(32-34-45)53-24-8-10-27-57(53)58-30-14-20-46-36-35-43-16-5-7-26-56(43)61(46)58)55-25-9-11-28-59(55)64-67-62(47-17-2-1-3-18-47)66-63(68-64)50-22-12-21-48(39-50)54-29-13-19-42-15-4-6-23-52(42)54/h1-40H.